The minimum atomic E-state index is 0.0841. The first-order chi connectivity index (χ1) is 13.7. The number of thioether (sulfide) groups is 1. The fourth-order valence-corrected chi connectivity index (χ4v) is 4.37. The van der Waals surface area contributed by atoms with Crippen molar-refractivity contribution in [2.75, 3.05) is 12.9 Å². The number of nitrogens with one attached hydrogen (secondary N) is 1. The number of allylic oxidation sites excluding steroid dienone is 1. The van der Waals surface area contributed by atoms with Crippen LogP contribution in [0, 0.1) is 11.8 Å². The second kappa shape index (κ2) is 8.39. The van der Waals surface area contributed by atoms with E-state index in [4.69, 9.17) is 4.74 Å². The number of carbonyl (C=O) groups is 1. The molecule has 0 saturated heterocycles. The van der Waals surface area contributed by atoms with Crippen LogP contribution in [0.2, 0.25) is 0 Å². The molecule has 2 aromatic rings. The molecule has 2 saturated carbocycles. The molecule has 0 bridgehead atoms. The highest BCUT2D eigenvalue weighted by Crippen LogP contribution is 2.44. The van der Waals surface area contributed by atoms with E-state index in [1.807, 2.05) is 34.9 Å². The van der Waals surface area contributed by atoms with E-state index < -0.39 is 0 Å². The zero-order valence-corrected chi connectivity index (χ0v) is 17.0. The zero-order valence-electron chi connectivity index (χ0n) is 16.1. The number of ether oxygens (including phenoxy) is 1. The van der Waals surface area contributed by atoms with E-state index in [0.717, 1.165) is 11.3 Å². The number of para-hydroxylation sites is 1. The first-order valence-electron chi connectivity index (χ1n) is 9.81. The van der Waals surface area contributed by atoms with Gasteiger partial charge in [0.2, 0.25) is 5.91 Å². The van der Waals surface area contributed by atoms with Crippen molar-refractivity contribution in [2.45, 2.75) is 43.4 Å². The van der Waals surface area contributed by atoms with Gasteiger partial charge in [0, 0.05) is 12.6 Å². The van der Waals surface area contributed by atoms with Gasteiger partial charge in [-0.25, -0.2) is 0 Å². The third kappa shape index (κ3) is 4.24. The summed E-state index contributed by atoms with van der Waals surface area (Å²) in [5.41, 5.74) is 0.873. The Hall–Kier alpha value is -2.28. The molecule has 0 unspecified atom stereocenters. The van der Waals surface area contributed by atoms with E-state index in [-0.39, 0.29) is 5.91 Å². The van der Waals surface area contributed by atoms with E-state index in [1.54, 1.807) is 7.11 Å². The first-order valence-corrected chi connectivity index (χ1v) is 10.8. The lowest BCUT2D eigenvalue weighted by molar-refractivity contribution is -0.119. The second-order valence-electron chi connectivity index (χ2n) is 7.46. The zero-order chi connectivity index (χ0) is 19.5. The molecule has 1 N–H and O–H groups in total. The van der Waals surface area contributed by atoms with E-state index in [2.05, 4.69) is 22.1 Å². The molecule has 1 heterocycles. The highest BCUT2D eigenvalue weighted by atomic mass is 32.2. The van der Waals surface area contributed by atoms with Crippen LogP contribution in [-0.4, -0.2) is 39.6 Å². The molecule has 2 fully saturated rings. The predicted molar refractivity (Wildman–Crippen MR) is 110 cm³/mol. The summed E-state index contributed by atoms with van der Waals surface area (Å²) in [6.45, 7) is 4.41. The first kappa shape index (κ1) is 19.1. The number of methoxy groups -OCH3 is 1. The van der Waals surface area contributed by atoms with Gasteiger partial charge in [0.25, 0.3) is 0 Å². The third-order valence-electron chi connectivity index (χ3n) is 5.30. The van der Waals surface area contributed by atoms with E-state index >= 15 is 0 Å². The van der Waals surface area contributed by atoms with Gasteiger partial charge in [0.15, 0.2) is 11.0 Å². The van der Waals surface area contributed by atoms with Gasteiger partial charge in [0.1, 0.15) is 5.75 Å². The molecule has 2 aliphatic carbocycles. The van der Waals surface area contributed by atoms with Crippen LogP contribution in [0.4, 0.5) is 0 Å². The van der Waals surface area contributed by atoms with Crippen LogP contribution >= 0.6 is 11.8 Å². The van der Waals surface area contributed by atoms with Gasteiger partial charge in [-0.05, 0) is 49.7 Å². The van der Waals surface area contributed by atoms with E-state index in [9.17, 15) is 4.79 Å². The molecule has 0 atom stereocenters. The molecular weight excluding hydrogens is 372 g/mol. The van der Waals surface area contributed by atoms with Crippen molar-refractivity contribution >= 4 is 17.7 Å². The fourth-order valence-electron chi connectivity index (χ4n) is 3.61. The Morgan fingerprint density at radius 3 is 2.68 bits per heavy atom. The molecule has 148 valence electrons. The minimum absolute atomic E-state index is 0.0841. The lowest BCUT2D eigenvalue weighted by Crippen LogP contribution is -2.39. The predicted octanol–water partition coefficient (Wildman–Crippen LogP) is 3.54. The van der Waals surface area contributed by atoms with Gasteiger partial charge in [-0.3, -0.25) is 9.36 Å². The van der Waals surface area contributed by atoms with Gasteiger partial charge in [-0.15, -0.1) is 16.8 Å². The van der Waals surface area contributed by atoms with Gasteiger partial charge in [0.05, 0.1) is 18.4 Å². The summed E-state index contributed by atoms with van der Waals surface area (Å²) >= 11 is 1.42. The van der Waals surface area contributed by atoms with Crippen molar-refractivity contribution in [3.8, 4) is 17.1 Å². The van der Waals surface area contributed by atoms with E-state index in [1.165, 1.54) is 37.4 Å². The summed E-state index contributed by atoms with van der Waals surface area (Å²) in [7, 11) is 1.64. The average molecular weight is 399 g/mol. The number of hydrogen-bond acceptors (Lipinski definition) is 5. The van der Waals surface area contributed by atoms with Crippen molar-refractivity contribution < 1.29 is 9.53 Å². The van der Waals surface area contributed by atoms with Crippen molar-refractivity contribution in [3.05, 3.63) is 36.9 Å². The van der Waals surface area contributed by atoms with Crippen molar-refractivity contribution in [1.82, 2.24) is 20.1 Å². The lowest BCUT2D eigenvalue weighted by Gasteiger charge is -2.17. The molecule has 0 aliphatic heterocycles. The summed E-state index contributed by atoms with van der Waals surface area (Å²) < 4.78 is 7.44. The smallest absolute Gasteiger partial charge is 0.230 e. The van der Waals surface area contributed by atoms with Gasteiger partial charge in [-0.1, -0.05) is 30.0 Å². The van der Waals surface area contributed by atoms with Crippen LogP contribution in [0.25, 0.3) is 11.4 Å². The van der Waals surface area contributed by atoms with Crippen LogP contribution in [0.15, 0.2) is 42.1 Å². The standard InChI is InChI=1S/C21H26N4O2S/c1-3-12-25-20(16-6-4-5-7-17(16)27-2)23-24-21(25)28-13-18(26)22-19(14-8-9-14)15-10-11-15/h3-7,14-15,19H,1,8-13H2,2H3,(H,22,26). The Morgan fingerprint density at radius 2 is 2.04 bits per heavy atom. The van der Waals surface area contributed by atoms with Gasteiger partial charge in [-0.2, -0.15) is 0 Å². The summed E-state index contributed by atoms with van der Waals surface area (Å²) in [6, 6.07) is 8.11. The summed E-state index contributed by atoms with van der Waals surface area (Å²) in [6.07, 6.45) is 6.83. The Morgan fingerprint density at radius 1 is 1.32 bits per heavy atom. The molecule has 2 aliphatic rings. The number of amides is 1. The van der Waals surface area contributed by atoms with Crippen LogP contribution in [0.1, 0.15) is 25.7 Å². The van der Waals surface area contributed by atoms with Crippen molar-refractivity contribution in [2.24, 2.45) is 11.8 Å². The van der Waals surface area contributed by atoms with Crippen LogP contribution in [0.3, 0.4) is 0 Å². The SMILES string of the molecule is C=CCn1c(SCC(=O)NC(C2CC2)C2CC2)nnc1-c1ccccc1OC. The maximum absolute atomic E-state index is 12.5. The third-order valence-corrected chi connectivity index (χ3v) is 6.26. The van der Waals surface area contributed by atoms with Crippen LogP contribution < -0.4 is 10.1 Å². The number of carbonyl (C=O) groups excluding carboxylic acids is 1. The normalized spacial score (nSPS) is 16.2. The molecular formula is C21H26N4O2S. The van der Waals surface area contributed by atoms with E-state index in [0.29, 0.717) is 41.2 Å². The maximum Gasteiger partial charge on any atom is 0.230 e. The quantitative estimate of drug-likeness (QED) is 0.490. The summed E-state index contributed by atoms with van der Waals surface area (Å²) in [5.74, 6) is 3.28. The Labute approximate surface area is 169 Å². The Kier molecular flexibility index (Phi) is 5.71. The number of benzene rings is 1. The molecule has 1 aromatic carbocycles. The van der Waals surface area contributed by atoms with Crippen LogP contribution in [0.5, 0.6) is 5.75 Å². The molecule has 4 rings (SSSR count). The number of hydrogen-bond donors (Lipinski definition) is 1. The molecule has 7 heteroatoms. The molecule has 0 spiro atoms. The average Bonchev–Trinajstić information content (AvgIpc) is 3.63. The minimum Gasteiger partial charge on any atom is -0.496 e. The topological polar surface area (TPSA) is 69.0 Å². The molecule has 6 nitrogen and oxygen atoms in total. The monoisotopic (exact) mass is 398 g/mol. The summed E-state index contributed by atoms with van der Waals surface area (Å²) in [4.78, 5) is 12.5. The van der Waals surface area contributed by atoms with Crippen LogP contribution in [-0.2, 0) is 11.3 Å². The number of nitrogens with zero attached hydrogens (tertiary/aromatic N) is 3. The molecule has 0 radical (unpaired) electrons. The highest BCUT2D eigenvalue weighted by molar-refractivity contribution is 7.99. The molecule has 1 amide bonds. The summed E-state index contributed by atoms with van der Waals surface area (Å²) in [5, 5.41) is 12.7. The number of aromatic nitrogens is 3. The Bertz CT molecular complexity index is 846. The maximum atomic E-state index is 12.5. The van der Waals surface area contributed by atoms with Gasteiger partial charge >= 0.3 is 0 Å². The molecule has 28 heavy (non-hydrogen) atoms. The largest absolute Gasteiger partial charge is 0.496 e. The van der Waals surface area contributed by atoms with Crippen molar-refractivity contribution in [3.63, 3.8) is 0 Å². The lowest BCUT2D eigenvalue weighted by atomic mass is 10.1. The Balaban J connectivity index is 1.46. The van der Waals surface area contributed by atoms with Gasteiger partial charge < -0.3 is 10.1 Å². The highest BCUT2D eigenvalue weighted by Gasteiger charge is 2.42. The van der Waals surface area contributed by atoms with Crippen molar-refractivity contribution in [1.29, 1.82) is 0 Å². The number of rotatable bonds is 10. The fraction of sp³-hybridized carbons (Fsp3) is 0.476. The second-order valence-corrected chi connectivity index (χ2v) is 8.41. The molecule has 1 aromatic heterocycles.